The van der Waals surface area contributed by atoms with Crippen molar-refractivity contribution in [1.82, 2.24) is 0 Å². The third-order valence-corrected chi connectivity index (χ3v) is 3.36. The standard InChI is InChI=1S/C14H22N2O2/c1-12-3-2-4-14(9-12)18-11-13(17)10-16-7-5-15-6-8-16/h2-4,9,13,15,17H,5-8,10-11H2,1H3/p+2/t13-/m0/s1. The molecule has 4 heteroatoms. The lowest BCUT2D eigenvalue weighted by atomic mass is 10.2. The monoisotopic (exact) mass is 252 g/mol. The molecule has 0 radical (unpaired) electrons. The summed E-state index contributed by atoms with van der Waals surface area (Å²) in [7, 11) is 0. The van der Waals surface area contributed by atoms with Gasteiger partial charge >= 0.3 is 0 Å². The second kappa shape index (κ2) is 6.73. The molecule has 2 rings (SSSR count). The van der Waals surface area contributed by atoms with Crippen molar-refractivity contribution in [1.29, 1.82) is 0 Å². The highest BCUT2D eigenvalue weighted by atomic mass is 16.5. The van der Waals surface area contributed by atoms with Gasteiger partial charge in [0.25, 0.3) is 0 Å². The van der Waals surface area contributed by atoms with Crippen LogP contribution in [0.5, 0.6) is 5.75 Å². The summed E-state index contributed by atoms with van der Waals surface area (Å²) in [6.07, 6.45) is -0.376. The summed E-state index contributed by atoms with van der Waals surface area (Å²) in [5.41, 5.74) is 1.18. The number of rotatable bonds is 5. The van der Waals surface area contributed by atoms with Crippen LogP contribution >= 0.6 is 0 Å². The number of nitrogens with one attached hydrogen (secondary N) is 1. The number of nitrogens with two attached hydrogens (primary N) is 1. The topological polar surface area (TPSA) is 50.5 Å². The minimum Gasteiger partial charge on any atom is -0.491 e. The van der Waals surface area contributed by atoms with E-state index in [9.17, 15) is 5.11 Å². The van der Waals surface area contributed by atoms with Crippen LogP contribution in [0.1, 0.15) is 5.56 Å². The van der Waals surface area contributed by atoms with Crippen molar-refractivity contribution in [2.24, 2.45) is 0 Å². The molecule has 0 saturated carbocycles. The third-order valence-electron chi connectivity index (χ3n) is 3.36. The van der Waals surface area contributed by atoms with Crippen molar-refractivity contribution < 1.29 is 20.1 Å². The van der Waals surface area contributed by atoms with Gasteiger partial charge in [-0.05, 0) is 24.6 Å². The first-order valence-electron chi connectivity index (χ1n) is 6.77. The molecule has 0 unspecified atom stereocenters. The summed E-state index contributed by atoms with van der Waals surface area (Å²) in [4.78, 5) is 1.48. The molecule has 0 spiro atoms. The maximum absolute atomic E-state index is 9.98. The molecule has 0 aromatic heterocycles. The summed E-state index contributed by atoms with van der Waals surface area (Å²) < 4.78 is 5.62. The van der Waals surface area contributed by atoms with Crippen LogP contribution in [-0.2, 0) is 0 Å². The second-order valence-corrected chi connectivity index (χ2v) is 5.10. The second-order valence-electron chi connectivity index (χ2n) is 5.10. The summed E-state index contributed by atoms with van der Waals surface area (Å²) in [5, 5.41) is 12.3. The van der Waals surface area contributed by atoms with E-state index < -0.39 is 0 Å². The molecule has 1 aliphatic heterocycles. The molecule has 1 aromatic carbocycles. The number of quaternary nitrogens is 2. The van der Waals surface area contributed by atoms with Crippen molar-refractivity contribution in [3.63, 3.8) is 0 Å². The van der Waals surface area contributed by atoms with E-state index in [1.165, 1.54) is 23.6 Å². The lowest BCUT2D eigenvalue weighted by molar-refractivity contribution is -0.949. The number of aryl methyl sites for hydroxylation is 1. The van der Waals surface area contributed by atoms with Crippen molar-refractivity contribution in [2.75, 3.05) is 39.3 Å². The highest BCUT2D eigenvalue weighted by Crippen LogP contribution is 2.12. The number of ether oxygens (including phenoxy) is 1. The Morgan fingerprint density at radius 3 is 2.89 bits per heavy atom. The van der Waals surface area contributed by atoms with Crippen molar-refractivity contribution in [2.45, 2.75) is 13.0 Å². The van der Waals surface area contributed by atoms with Crippen molar-refractivity contribution >= 4 is 0 Å². The predicted molar refractivity (Wildman–Crippen MR) is 69.9 cm³/mol. The molecule has 1 aliphatic rings. The maximum Gasteiger partial charge on any atom is 0.137 e. The zero-order chi connectivity index (χ0) is 12.8. The zero-order valence-electron chi connectivity index (χ0n) is 11.1. The fraction of sp³-hybridized carbons (Fsp3) is 0.571. The minimum absolute atomic E-state index is 0.376. The van der Waals surface area contributed by atoms with Crippen LogP contribution in [0.15, 0.2) is 24.3 Å². The van der Waals surface area contributed by atoms with E-state index >= 15 is 0 Å². The summed E-state index contributed by atoms with van der Waals surface area (Å²) >= 11 is 0. The van der Waals surface area contributed by atoms with E-state index in [0.717, 1.165) is 25.4 Å². The SMILES string of the molecule is Cc1cccc(OC[C@@H](O)C[NH+]2CC[NH2+]CC2)c1. The van der Waals surface area contributed by atoms with Gasteiger partial charge in [-0.15, -0.1) is 0 Å². The van der Waals surface area contributed by atoms with Crippen LogP contribution in [-0.4, -0.2) is 50.5 Å². The van der Waals surface area contributed by atoms with Crippen LogP contribution in [0, 0.1) is 6.92 Å². The zero-order valence-corrected chi connectivity index (χ0v) is 11.1. The van der Waals surface area contributed by atoms with Gasteiger partial charge in [-0.1, -0.05) is 12.1 Å². The number of piperazine rings is 1. The molecule has 4 N–H and O–H groups in total. The fourth-order valence-corrected chi connectivity index (χ4v) is 2.38. The van der Waals surface area contributed by atoms with Crippen molar-refractivity contribution in [3.05, 3.63) is 29.8 Å². The van der Waals surface area contributed by atoms with Gasteiger partial charge in [0.05, 0.1) is 0 Å². The fourth-order valence-electron chi connectivity index (χ4n) is 2.38. The Bertz CT molecular complexity index is 365. The average molecular weight is 252 g/mol. The van der Waals surface area contributed by atoms with Gasteiger partial charge in [-0.2, -0.15) is 0 Å². The number of aliphatic hydroxyl groups is 1. The average Bonchev–Trinajstić information content (AvgIpc) is 2.38. The molecule has 18 heavy (non-hydrogen) atoms. The number of aliphatic hydroxyl groups excluding tert-OH is 1. The number of hydrogen-bond donors (Lipinski definition) is 3. The van der Waals surface area contributed by atoms with Crippen molar-refractivity contribution in [3.8, 4) is 5.75 Å². The van der Waals surface area contributed by atoms with Gasteiger partial charge in [0, 0.05) is 0 Å². The largest absolute Gasteiger partial charge is 0.491 e. The molecule has 100 valence electrons. The lowest BCUT2D eigenvalue weighted by Gasteiger charge is -2.24. The molecule has 1 atom stereocenters. The van der Waals surface area contributed by atoms with Gasteiger partial charge in [-0.3, -0.25) is 0 Å². The quantitative estimate of drug-likeness (QED) is 0.579. The molecule has 0 aliphatic carbocycles. The van der Waals surface area contributed by atoms with E-state index in [0.29, 0.717) is 6.61 Å². The smallest absolute Gasteiger partial charge is 0.137 e. The predicted octanol–water partition coefficient (Wildman–Crippen LogP) is -1.80. The Morgan fingerprint density at radius 2 is 2.17 bits per heavy atom. The lowest BCUT2D eigenvalue weighted by Crippen LogP contribution is -3.21. The minimum atomic E-state index is -0.376. The molecular weight excluding hydrogens is 228 g/mol. The Hall–Kier alpha value is -1.10. The summed E-state index contributed by atoms with van der Waals surface area (Å²) in [5.74, 6) is 0.844. The number of hydrogen-bond acceptors (Lipinski definition) is 2. The van der Waals surface area contributed by atoms with Gasteiger partial charge in [0.2, 0.25) is 0 Å². The molecule has 4 nitrogen and oxygen atoms in total. The van der Waals surface area contributed by atoms with E-state index in [4.69, 9.17) is 4.74 Å². The Balaban J connectivity index is 1.72. The van der Waals surface area contributed by atoms with Gasteiger partial charge < -0.3 is 20.1 Å². The molecule has 0 amide bonds. The van der Waals surface area contributed by atoms with Gasteiger partial charge in [-0.25, -0.2) is 0 Å². The highest BCUT2D eigenvalue weighted by molar-refractivity contribution is 5.27. The van der Waals surface area contributed by atoms with Crippen LogP contribution in [0.25, 0.3) is 0 Å². The Morgan fingerprint density at radius 1 is 1.39 bits per heavy atom. The normalized spacial score (nSPS) is 18.6. The Labute approximate surface area is 109 Å². The first kappa shape index (κ1) is 13.3. The molecule has 1 aromatic rings. The molecule has 1 fully saturated rings. The summed E-state index contributed by atoms with van der Waals surface area (Å²) in [6.45, 7) is 7.83. The third kappa shape index (κ3) is 4.29. The highest BCUT2D eigenvalue weighted by Gasteiger charge is 2.19. The maximum atomic E-state index is 9.98. The molecule has 1 saturated heterocycles. The molecule has 0 bridgehead atoms. The molecular formula is C14H24N2O2+2. The summed E-state index contributed by atoms with van der Waals surface area (Å²) in [6, 6.07) is 7.94. The first-order chi connectivity index (χ1) is 8.74. The van der Waals surface area contributed by atoms with Crippen LogP contribution < -0.4 is 15.0 Å². The van der Waals surface area contributed by atoms with Gasteiger partial charge in [0.15, 0.2) is 0 Å². The molecule has 1 heterocycles. The van der Waals surface area contributed by atoms with Crippen LogP contribution in [0.2, 0.25) is 0 Å². The van der Waals surface area contributed by atoms with Crippen LogP contribution in [0.4, 0.5) is 0 Å². The van der Waals surface area contributed by atoms with E-state index in [1.54, 1.807) is 0 Å². The van der Waals surface area contributed by atoms with E-state index in [1.807, 2.05) is 31.2 Å². The Kier molecular flexibility index (Phi) is 4.99. The number of benzene rings is 1. The van der Waals surface area contributed by atoms with Crippen LogP contribution in [0.3, 0.4) is 0 Å². The van der Waals surface area contributed by atoms with E-state index in [-0.39, 0.29) is 6.10 Å². The first-order valence-corrected chi connectivity index (χ1v) is 6.77. The van der Waals surface area contributed by atoms with E-state index in [2.05, 4.69) is 5.32 Å². The van der Waals surface area contributed by atoms with Gasteiger partial charge in [0.1, 0.15) is 51.2 Å².